The van der Waals surface area contributed by atoms with E-state index in [1.54, 1.807) is 13.8 Å². The maximum absolute atomic E-state index is 12.3. The van der Waals surface area contributed by atoms with Crippen LogP contribution in [-0.4, -0.2) is 52.5 Å². The molecule has 144 valence electrons. The lowest BCUT2D eigenvalue weighted by atomic mass is 10.1. The van der Waals surface area contributed by atoms with Crippen LogP contribution in [-0.2, 0) is 9.53 Å². The fourth-order valence-corrected chi connectivity index (χ4v) is 4.41. The van der Waals surface area contributed by atoms with Crippen molar-refractivity contribution in [2.75, 3.05) is 30.8 Å². The number of nitrogens with two attached hydrogens (primary N) is 1. The molecule has 0 radical (unpaired) electrons. The molecule has 7 nitrogen and oxygen atoms in total. The minimum Gasteiger partial charge on any atom is -0.462 e. The number of nitrogens with one attached hydrogen (secondary N) is 1. The minimum atomic E-state index is -0.657. The zero-order valence-electron chi connectivity index (χ0n) is 15.2. The highest BCUT2D eigenvalue weighted by atomic mass is 32.2. The molecule has 0 saturated carbocycles. The minimum absolute atomic E-state index is 0.0977. The molecule has 3 N–H and O–H groups in total. The highest BCUT2D eigenvalue weighted by molar-refractivity contribution is 8.23. The number of primary amides is 1. The summed E-state index contributed by atoms with van der Waals surface area (Å²) in [7, 11) is 0. The molecule has 0 fully saturated rings. The van der Waals surface area contributed by atoms with Gasteiger partial charge in [-0.3, -0.25) is 9.59 Å². The average Bonchev–Trinajstić information content (AvgIpc) is 2.90. The third-order valence-corrected chi connectivity index (χ3v) is 6.20. The zero-order valence-corrected chi connectivity index (χ0v) is 17.7. The van der Waals surface area contributed by atoms with E-state index in [9.17, 15) is 14.4 Å². The SMILES string of the molecule is CCOC(=O)c1c(NC(=O)CSC(=S)N(CC)CC)sc(C(N)=O)c1C. The second kappa shape index (κ2) is 10.5. The first-order valence-electron chi connectivity index (χ1n) is 8.08. The molecule has 0 bridgehead atoms. The first-order chi connectivity index (χ1) is 12.3. The highest BCUT2D eigenvalue weighted by Gasteiger charge is 2.25. The van der Waals surface area contributed by atoms with Crippen LogP contribution in [0.25, 0.3) is 0 Å². The first kappa shape index (κ1) is 22.4. The lowest BCUT2D eigenvalue weighted by molar-refractivity contribution is -0.113. The lowest BCUT2D eigenvalue weighted by Crippen LogP contribution is -2.28. The monoisotopic (exact) mass is 417 g/mol. The second-order valence-corrected chi connectivity index (χ2v) is 7.75. The van der Waals surface area contributed by atoms with Crippen LogP contribution < -0.4 is 11.1 Å². The number of amides is 2. The topological polar surface area (TPSA) is 102 Å². The molecule has 0 aliphatic rings. The van der Waals surface area contributed by atoms with Gasteiger partial charge in [-0.25, -0.2) is 4.79 Å². The molecule has 0 atom stereocenters. The molecule has 2 amide bonds. The Bertz CT molecular complexity index is 699. The smallest absolute Gasteiger partial charge is 0.341 e. The predicted molar refractivity (Wildman–Crippen MR) is 110 cm³/mol. The summed E-state index contributed by atoms with van der Waals surface area (Å²) in [6.07, 6.45) is 0. The maximum atomic E-state index is 12.3. The van der Waals surface area contributed by atoms with Gasteiger partial charge in [-0.05, 0) is 33.3 Å². The molecule has 1 aromatic heterocycles. The molecule has 1 aromatic rings. The van der Waals surface area contributed by atoms with E-state index in [-0.39, 0.29) is 33.7 Å². The standard InChI is InChI=1S/C16H23N3O4S3/c1-5-19(6-2)16(24)25-8-10(20)18-14-11(15(22)23-7-3)9(4)12(26-14)13(17)21/h5-8H2,1-4H3,(H2,17,21)(H,18,20). The number of hydrogen-bond acceptors (Lipinski definition) is 7. The van der Waals surface area contributed by atoms with E-state index in [2.05, 4.69) is 5.32 Å². The van der Waals surface area contributed by atoms with Crippen molar-refractivity contribution < 1.29 is 19.1 Å². The maximum Gasteiger partial charge on any atom is 0.341 e. The van der Waals surface area contributed by atoms with Crippen molar-refractivity contribution in [1.29, 1.82) is 0 Å². The summed E-state index contributed by atoms with van der Waals surface area (Å²) in [4.78, 5) is 38.2. The number of thiocarbonyl (C=S) groups is 1. The fourth-order valence-electron chi connectivity index (χ4n) is 2.15. The number of rotatable bonds is 8. The molecule has 1 heterocycles. The molecule has 10 heteroatoms. The van der Waals surface area contributed by atoms with Gasteiger partial charge in [0.2, 0.25) is 5.91 Å². The van der Waals surface area contributed by atoms with Crippen LogP contribution in [0.3, 0.4) is 0 Å². The highest BCUT2D eigenvalue weighted by Crippen LogP contribution is 2.33. The first-order valence-corrected chi connectivity index (χ1v) is 10.3. The summed E-state index contributed by atoms with van der Waals surface area (Å²) in [5, 5.41) is 2.93. The van der Waals surface area contributed by atoms with Crippen LogP contribution >= 0.6 is 35.3 Å². The Morgan fingerprint density at radius 1 is 1.27 bits per heavy atom. The number of anilines is 1. The Labute approximate surface area is 166 Å². The van der Waals surface area contributed by atoms with Crippen molar-refractivity contribution in [3.63, 3.8) is 0 Å². The summed E-state index contributed by atoms with van der Waals surface area (Å²) in [5.41, 5.74) is 5.91. The molecule has 0 aliphatic heterocycles. The Hall–Kier alpha value is -1.65. The number of hydrogen-bond donors (Lipinski definition) is 2. The predicted octanol–water partition coefficient (Wildman–Crippen LogP) is 2.63. The van der Waals surface area contributed by atoms with E-state index in [1.807, 2.05) is 18.7 Å². The van der Waals surface area contributed by atoms with Gasteiger partial charge in [0.1, 0.15) is 9.32 Å². The van der Waals surface area contributed by atoms with Crippen molar-refractivity contribution in [1.82, 2.24) is 4.90 Å². The number of carbonyl (C=O) groups excluding carboxylic acids is 3. The molecule has 0 spiro atoms. The second-order valence-electron chi connectivity index (χ2n) is 5.12. The van der Waals surface area contributed by atoms with Crippen molar-refractivity contribution in [3.05, 3.63) is 16.0 Å². The molecule has 0 unspecified atom stereocenters. The number of esters is 1. The summed E-state index contributed by atoms with van der Waals surface area (Å²) in [6, 6.07) is 0. The normalized spacial score (nSPS) is 10.3. The largest absolute Gasteiger partial charge is 0.462 e. The van der Waals surface area contributed by atoms with Gasteiger partial charge < -0.3 is 20.7 Å². The number of ether oxygens (including phenoxy) is 1. The van der Waals surface area contributed by atoms with Gasteiger partial charge in [0.15, 0.2) is 0 Å². The van der Waals surface area contributed by atoms with Crippen LogP contribution in [0.15, 0.2) is 0 Å². The number of thiophene rings is 1. The van der Waals surface area contributed by atoms with Crippen LogP contribution in [0.2, 0.25) is 0 Å². The van der Waals surface area contributed by atoms with Gasteiger partial charge >= 0.3 is 5.97 Å². The van der Waals surface area contributed by atoms with E-state index in [0.717, 1.165) is 24.4 Å². The van der Waals surface area contributed by atoms with Gasteiger partial charge in [0, 0.05) is 13.1 Å². The molecule has 0 saturated heterocycles. The lowest BCUT2D eigenvalue weighted by Gasteiger charge is -2.20. The number of thioether (sulfide) groups is 1. The molecule has 26 heavy (non-hydrogen) atoms. The molecule has 0 aliphatic carbocycles. The average molecular weight is 418 g/mol. The van der Waals surface area contributed by atoms with E-state index >= 15 is 0 Å². The van der Waals surface area contributed by atoms with Gasteiger partial charge in [0.05, 0.1) is 22.8 Å². The van der Waals surface area contributed by atoms with Crippen LogP contribution in [0.4, 0.5) is 5.00 Å². The van der Waals surface area contributed by atoms with E-state index in [0.29, 0.717) is 9.88 Å². The Kier molecular flexibility index (Phi) is 9.03. The quantitative estimate of drug-likeness (QED) is 0.495. The number of nitrogens with zero attached hydrogens (tertiary/aromatic N) is 1. The van der Waals surface area contributed by atoms with Crippen molar-refractivity contribution in [3.8, 4) is 0 Å². The van der Waals surface area contributed by atoms with Crippen LogP contribution in [0.1, 0.15) is 46.4 Å². The number of carbonyl (C=O) groups is 3. The molecular weight excluding hydrogens is 394 g/mol. The van der Waals surface area contributed by atoms with Crippen molar-refractivity contribution >= 4 is 62.4 Å². The Balaban J connectivity index is 2.92. The third-order valence-electron chi connectivity index (χ3n) is 3.45. The van der Waals surface area contributed by atoms with Gasteiger partial charge in [-0.15, -0.1) is 11.3 Å². The Morgan fingerprint density at radius 2 is 1.88 bits per heavy atom. The van der Waals surface area contributed by atoms with Crippen molar-refractivity contribution in [2.24, 2.45) is 5.73 Å². The molecule has 0 aromatic carbocycles. The van der Waals surface area contributed by atoms with Gasteiger partial charge in [-0.2, -0.15) is 0 Å². The third kappa shape index (κ3) is 5.68. The summed E-state index contributed by atoms with van der Waals surface area (Å²) in [6.45, 7) is 8.97. The van der Waals surface area contributed by atoms with Gasteiger partial charge in [0.25, 0.3) is 5.91 Å². The summed E-state index contributed by atoms with van der Waals surface area (Å²) in [5.74, 6) is -1.49. The van der Waals surface area contributed by atoms with E-state index in [1.165, 1.54) is 11.8 Å². The van der Waals surface area contributed by atoms with Crippen LogP contribution in [0, 0.1) is 6.92 Å². The Morgan fingerprint density at radius 3 is 2.38 bits per heavy atom. The van der Waals surface area contributed by atoms with E-state index in [4.69, 9.17) is 22.7 Å². The van der Waals surface area contributed by atoms with E-state index < -0.39 is 11.9 Å². The summed E-state index contributed by atoms with van der Waals surface area (Å²) >= 11 is 7.51. The zero-order chi connectivity index (χ0) is 19.9. The van der Waals surface area contributed by atoms with Crippen molar-refractivity contribution in [2.45, 2.75) is 27.7 Å². The van der Waals surface area contributed by atoms with Crippen LogP contribution in [0.5, 0.6) is 0 Å². The summed E-state index contributed by atoms with van der Waals surface area (Å²) < 4.78 is 5.65. The fraction of sp³-hybridized carbons (Fsp3) is 0.500. The molecule has 1 rings (SSSR count). The van der Waals surface area contributed by atoms with Gasteiger partial charge in [-0.1, -0.05) is 24.0 Å². The molecular formula is C16H23N3O4S3.